The predicted molar refractivity (Wildman–Crippen MR) is 91.9 cm³/mol. The highest BCUT2D eigenvalue weighted by Crippen LogP contribution is 2.19. The number of aromatic nitrogens is 2. The monoisotopic (exact) mass is 293 g/mol. The lowest BCUT2D eigenvalue weighted by atomic mass is 10.2. The van der Waals surface area contributed by atoms with Crippen molar-refractivity contribution in [2.45, 2.75) is 32.2 Å². The average Bonchev–Trinajstić information content (AvgIpc) is 2.91. The summed E-state index contributed by atoms with van der Waals surface area (Å²) in [6, 6.07) is 19.0. The number of fused-ring (bicyclic) bond motifs is 1. The Morgan fingerprint density at radius 2 is 1.64 bits per heavy atom. The third kappa shape index (κ3) is 3.37. The first-order valence-corrected chi connectivity index (χ1v) is 8.06. The third-order valence-corrected chi connectivity index (χ3v) is 4.02. The molecule has 114 valence electrons. The SMILES string of the molecule is NCCCCCc1nc2ccccc2n1Cc1ccccc1. The molecule has 0 aliphatic rings. The van der Waals surface area contributed by atoms with E-state index in [4.69, 9.17) is 10.7 Å². The van der Waals surface area contributed by atoms with Crippen molar-refractivity contribution in [3.8, 4) is 0 Å². The minimum absolute atomic E-state index is 0.778. The van der Waals surface area contributed by atoms with Crippen molar-refractivity contribution >= 4 is 11.0 Å². The van der Waals surface area contributed by atoms with Gasteiger partial charge in [-0.05, 0) is 37.1 Å². The molecule has 0 fully saturated rings. The maximum absolute atomic E-state index is 5.58. The zero-order valence-corrected chi connectivity index (χ0v) is 12.9. The number of imidazole rings is 1. The molecule has 3 aromatic rings. The van der Waals surface area contributed by atoms with Crippen molar-refractivity contribution in [2.75, 3.05) is 6.54 Å². The van der Waals surface area contributed by atoms with E-state index in [0.717, 1.165) is 37.9 Å². The van der Waals surface area contributed by atoms with Crippen LogP contribution in [0.3, 0.4) is 0 Å². The molecule has 0 amide bonds. The van der Waals surface area contributed by atoms with E-state index in [0.29, 0.717) is 0 Å². The fourth-order valence-corrected chi connectivity index (χ4v) is 2.86. The van der Waals surface area contributed by atoms with Gasteiger partial charge in [0.25, 0.3) is 0 Å². The Morgan fingerprint density at radius 1 is 0.864 bits per heavy atom. The highest BCUT2D eigenvalue weighted by atomic mass is 15.1. The molecule has 1 aromatic heterocycles. The van der Waals surface area contributed by atoms with Crippen LogP contribution in [0.4, 0.5) is 0 Å². The molecule has 22 heavy (non-hydrogen) atoms. The number of rotatable bonds is 7. The summed E-state index contributed by atoms with van der Waals surface area (Å²) in [5.41, 5.74) is 9.21. The van der Waals surface area contributed by atoms with Crippen molar-refractivity contribution in [1.29, 1.82) is 0 Å². The van der Waals surface area contributed by atoms with E-state index in [-0.39, 0.29) is 0 Å². The Bertz CT molecular complexity index is 716. The van der Waals surface area contributed by atoms with Gasteiger partial charge in [-0.15, -0.1) is 0 Å². The molecule has 0 radical (unpaired) electrons. The van der Waals surface area contributed by atoms with E-state index < -0.39 is 0 Å². The van der Waals surface area contributed by atoms with Crippen LogP contribution in [0.15, 0.2) is 54.6 Å². The fourth-order valence-electron chi connectivity index (χ4n) is 2.86. The maximum atomic E-state index is 5.58. The van der Waals surface area contributed by atoms with E-state index in [9.17, 15) is 0 Å². The van der Waals surface area contributed by atoms with E-state index in [1.165, 1.54) is 23.3 Å². The quantitative estimate of drug-likeness (QED) is 0.674. The summed E-state index contributed by atoms with van der Waals surface area (Å²) >= 11 is 0. The van der Waals surface area contributed by atoms with Crippen LogP contribution in [0.5, 0.6) is 0 Å². The lowest BCUT2D eigenvalue weighted by molar-refractivity contribution is 0.644. The molecule has 0 unspecified atom stereocenters. The first-order valence-electron chi connectivity index (χ1n) is 8.06. The van der Waals surface area contributed by atoms with Gasteiger partial charge in [-0.3, -0.25) is 0 Å². The summed E-state index contributed by atoms with van der Waals surface area (Å²) in [5.74, 6) is 1.18. The first kappa shape index (κ1) is 14.8. The van der Waals surface area contributed by atoms with E-state index >= 15 is 0 Å². The van der Waals surface area contributed by atoms with Crippen LogP contribution in [0.25, 0.3) is 11.0 Å². The van der Waals surface area contributed by atoms with E-state index in [1.54, 1.807) is 0 Å². The molecule has 2 N–H and O–H groups in total. The summed E-state index contributed by atoms with van der Waals surface area (Å²) in [6.07, 6.45) is 4.43. The molecule has 3 rings (SSSR count). The molecule has 0 saturated carbocycles. The Labute approximate surface area is 131 Å². The van der Waals surface area contributed by atoms with Crippen LogP contribution in [-0.4, -0.2) is 16.1 Å². The van der Waals surface area contributed by atoms with Crippen molar-refractivity contribution < 1.29 is 0 Å². The second kappa shape index (κ2) is 7.23. The second-order valence-electron chi connectivity index (χ2n) is 5.69. The Balaban J connectivity index is 1.87. The van der Waals surface area contributed by atoms with E-state index in [1.807, 2.05) is 0 Å². The maximum Gasteiger partial charge on any atom is 0.110 e. The van der Waals surface area contributed by atoms with E-state index in [2.05, 4.69) is 59.2 Å². The number of aryl methyl sites for hydroxylation is 1. The Morgan fingerprint density at radius 3 is 2.45 bits per heavy atom. The molecular weight excluding hydrogens is 270 g/mol. The van der Waals surface area contributed by atoms with Gasteiger partial charge in [0.15, 0.2) is 0 Å². The van der Waals surface area contributed by atoms with Gasteiger partial charge in [-0.2, -0.15) is 0 Å². The highest BCUT2D eigenvalue weighted by Gasteiger charge is 2.10. The standard InChI is InChI=1S/C19H23N3/c20-14-8-2-5-13-19-21-17-11-6-7-12-18(17)22(19)15-16-9-3-1-4-10-16/h1,3-4,6-7,9-12H,2,5,8,13-15,20H2. The van der Waals surface area contributed by atoms with Crippen LogP contribution in [0.1, 0.15) is 30.7 Å². The molecular formula is C19H23N3. The third-order valence-electron chi connectivity index (χ3n) is 4.02. The molecule has 3 heteroatoms. The van der Waals surface area contributed by atoms with Crippen LogP contribution in [-0.2, 0) is 13.0 Å². The molecule has 2 aromatic carbocycles. The highest BCUT2D eigenvalue weighted by molar-refractivity contribution is 5.76. The smallest absolute Gasteiger partial charge is 0.110 e. The van der Waals surface area contributed by atoms with Crippen LogP contribution >= 0.6 is 0 Å². The van der Waals surface area contributed by atoms with Gasteiger partial charge in [0.2, 0.25) is 0 Å². The van der Waals surface area contributed by atoms with Crippen molar-refractivity contribution in [2.24, 2.45) is 5.73 Å². The normalized spacial score (nSPS) is 11.1. The topological polar surface area (TPSA) is 43.8 Å². The average molecular weight is 293 g/mol. The van der Waals surface area contributed by atoms with Gasteiger partial charge >= 0.3 is 0 Å². The van der Waals surface area contributed by atoms with Gasteiger partial charge in [0.1, 0.15) is 5.82 Å². The molecule has 0 aliphatic carbocycles. The van der Waals surface area contributed by atoms with Crippen molar-refractivity contribution in [1.82, 2.24) is 9.55 Å². The number of unbranched alkanes of at least 4 members (excludes halogenated alkanes) is 2. The molecule has 0 saturated heterocycles. The largest absolute Gasteiger partial charge is 0.330 e. The number of benzene rings is 2. The van der Waals surface area contributed by atoms with Gasteiger partial charge in [0.05, 0.1) is 11.0 Å². The summed E-state index contributed by atoms with van der Waals surface area (Å²) in [7, 11) is 0. The Hall–Kier alpha value is -2.13. The number of nitrogens with zero attached hydrogens (tertiary/aromatic N) is 2. The van der Waals surface area contributed by atoms with Crippen molar-refractivity contribution in [3.05, 3.63) is 66.0 Å². The van der Waals surface area contributed by atoms with Gasteiger partial charge < -0.3 is 10.3 Å². The fraction of sp³-hybridized carbons (Fsp3) is 0.316. The first-order chi connectivity index (χ1) is 10.9. The van der Waals surface area contributed by atoms with Crippen molar-refractivity contribution in [3.63, 3.8) is 0 Å². The number of hydrogen-bond donors (Lipinski definition) is 1. The second-order valence-corrected chi connectivity index (χ2v) is 5.69. The minimum Gasteiger partial charge on any atom is -0.330 e. The molecule has 0 bridgehead atoms. The van der Waals surface area contributed by atoms with Gasteiger partial charge in [-0.1, -0.05) is 48.9 Å². The summed E-state index contributed by atoms with van der Waals surface area (Å²) in [4.78, 5) is 4.84. The van der Waals surface area contributed by atoms with Crippen LogP contribution in [0, 0.1) is 0 Å². The molecule has 0 aliphatic heterocycles. The molecule has 0 spiro atoms. The van der Waals surface area contributed by atoms with Crippen LogP contribution in [0.2, 0.25) is 0 Å². The van der Waals surface area contributed by atoms with Crippen LogP contribution < -0.4 is 5.73 Å². The number of para-hydroxylation sites is 2. The lowest BCUT2D eigenvalue weighted by Crippen LogP contribution is -2.06. The zero-order valence-electron chi connectivity index (χ0n) is 12.9. The van der Waals surface area contributed by atoms with Gasteiger partial charge in [-0.25, -0.2) is 4.98 Å². The number of hydrogen-bond acceptors (Lipinski definition) is 2. The zero-order chi connectivity index (χ0) is 15.2. The summed E-state index contributed by atoms with van der Waals surface area (Å²) in [5, 5.41) is 0. The minimum atomic E-state index is 0.778. The predicted octanol–water partition coefficient (Wildman–Crippen LogP) is 3.76. The van der Waals surface area contributed by atoms with Gasteiger partial charge in [0, 0.05) is 13.0 Å². The number of nitrogens with two attached hydrogens (primary N) is 1. The summed E-state index contributed by atoms with van der Waals surface area (Å²) < 4.78 is 2.35. The molecule has 3 nitrogen and oxygen atoms in total. The molecule has 1 heterocycles. The summed E-state index contributed by atoms with van der Waals surface area (Å²) in [6.45, 7) is 1.66. The molecule has 0 atom stereocenters. The lowest BCUT2D eigenvalue weighted by Gasteiger charge is -2.09. The Kier molecular flexibility index (Phi) is 4.86.